The van der Waals surface area contributed by atoms with Gasteiger partial charge in [0.2, 0.25) is 11.9 Å². The van der Waals surface area contributed by atoms with Gasteiger partial charge in [-0.3, -0.25) is 0 Å². The molecule has 0 atom stereocenters. The summed E-state index contributed by atoms with van der Waals surface area (Å²) in [5.41, 5.74) is 4.73. The monoisotopic (exact) mass is 408 g/mol. The number of aromatic nitrogens is 6. The average Bonchev–Trinajstić information content (AvgIpc) is 3.44. The number of rotatable bonds is 6. The topological polar surface area (TPSA) is 85.5 Å². The summed E-state index contributed by atoms with van der Waals surface area (Å²) in [7, 11) is 0. The zero-order chi connectivity index (χ0) is 21.0. The van der Waals surface area contributed by atoms with Crippen molar-refractivity contribution in [3.05, 3.63) is 97.1 Å². The Balaban J connectivity index is 1.33. The molecule has 2 N–H and O–H groups in total. The van der Waals surface area contributed by atoms with Crippen molar-refractivity contribution in [3.63, 3.8) is 0 Å². The molecule has 0 saturated heterocycles. The molecule has 0 radical (unpaired) electrons. The first-order valence-electron chi connectivity index (χ1n) is 9.83. The van der Waals surface area contributed by atoms with Gasteiger partial charge >= 0.3 is 0 Å². The number of anilines is 4. The minimum absolute atomic E-state index is 0.520. The fraction of sp³-hybridized carbons (Fsp3) is 0.0435. The van der Waals surface area contributed by atoms with Crippen LogP contribution in [0.1, 0.15) is 5.56 Å². The van der Waals surface area contributed by atoms with Crippen LogP contribution < -0.4 is 10.6 Å². The van der Waals surface area contributed by atoms with E-state index >= 15 is 0 Å². The summed E-state index contributed by atoms with van der Waals surface area (Å²) >= 11 is 0. The van der Waals surface area contributed by atoms with Gasteiger partial charge in [0.25, 0.3) is 0 Å². The van der Waals surface area contributed by atoms with E-state index in [1.54, 1.807) is 22.0 Å². The molecule has 0 aliphatic carbocycles. The minimum Gasteiger partial charge on any atom is -0.323 e. The van der Waals surface area contributed by atoms with Gasteiger partial charge < -0.3 is 10.6 Å². The Labute approximate surface area is 179 Å². The van der Waals surface area contributed by atoms with E-state index in [0.717, 1.165) is 28.3 Å². The molecule has 2 heterocycles. The van der Waals surface area contributed by atoms with Crippen LogP contribution >= 0.6 is 0 Å². The van der Waals surface area contributed by atoms with Crippen molar-refractivity contribution in [2.75, 3.05) is 10.6 Å². The summed E-state index contributed by atoms with van der Waals surface area (Å²) in [5, 5.41) is 15.5. The highest BCUT2D eigenvalue weighted by Crippen LogP contribution is 2.23. The quantitative estimate of drug-likeness (QED) is 0.426. The highest BCUT2D eigenvalue weighted by Gasteiger charge is 2.07. The molecule has 0 aliphatic heterocycles. The van der Waals surface area contributed by atoms with Crippen molar-refractivity contribution >= 4 is 23.3 Å². The van der Waals surface area contributed by atoms with E-state index < -0.39 is 0 Å². The van der Waals surface area contributed by atoms with E-state index in [9.17, 15) is 0 Å². The van der Waals surface area contributed by atoms with Gasteiger partial charge in [0.15, 0.2) is 0 Å². The lowest BCUT2D eigenvalue weighted by atomic mass is 10.2. The maximum Gasteiger partial charge on any atom is 0.246 e. The molecule has 0 spiro atoms. The summed E-state index contributed by atoms with van der Waals surface area (Å²) in [6.07, 6.45) is 3.37. The fourth-order valence-corrected chi connectivity index (χ4v) is 3.24. The lowest BCUT2D eigenvalue weighted by Gasteiger charge is -2.08. The van der Waals surface area contributed by atoms with Crippen LogP contribution in [-0.4, -0.2) is 29.5 Å². The van der Waals surface area contributed by atoms with Crippen molar-refractivity contribution < 1.29 is 0 Å². The van der Waals surface area contributed by atoms with Gasteiger partial charge in [-0.15, -0.1) is 10.2 Å². The number of hydrogen-bond donors (Lipinski definition) is 2. The van der Waals surface area contributed by atoms with E-state index in [4.69, 9.17) is 0 Å². The van der Waals surface area contributed by atoms with Crippen LogP contribution in [0.4, 0.5) is 23.3 Å². The van der Waals surface area contributed by atoms with E-state index in [-0.39, 0.29) is 0 Å². The highest BCUT2D eigenvalue weighted by atomic mass is 15.4. The van der Waals surface area contributed by atoms with Crippen molar-refractivity contribution in [2.45, 2.75) is 6.92 Å². The number of nitrogens with zero attached hydrogens (tertiary/aromatic N) is 6. The van der Waals surface area contributed by atoms with Crippen molar-refractivity contribution in [2.24, 2.45) is 0 Å². The number of nitrogens with one attached hydrogen (secondary N) is 2. The van der Waals surface area contributed by atoms with Crippen LogP contribution in [-0.2, 0) is 0 Å². The molecule has 0 unspecified atom stereocenters. The Morgan fingerprint density at radius 3 is 1.52 bits per heavy atom. The molecule has 0 fully saturated rings. The molecule has 8 heteroatoms. The van der Waals surface area contributed by atoms with Gasteiger partial charge in [0.05, 0.1) is 11.4 Å². The van der Waals surface area contributed by atoms with Crippen molar-refractivity contribution in [1.82, 2.24) is 29.5 Å². The molecule has 3 aromatic carbocycles. The Morgan fingerprint density at radius 2 is 1.06 bits per heavy atom. The zero-order valence-electron chi connectivity index (χ0n) is 16.8. The van der Waals surface area contributed by atoms with Crippen LogP contribution in [0.25, 0.3) is 11.4 Å². The SMILES string of the molecule is Cc1cc(Nc2ncn(-c3ccccc3)n2)cc(Nc2ncn(-c3ccccc3)n2)c1. The molecule has 0 aliphatic rings. The molecule has 5 rings (SSSR count). The fourth-order valence-electron chi connectivity index (χ4n) is 3.24. The normalized spacial score (nSPS) is 10.7. The van der Waals surface area contributed by atoms with Crippen LogP contribution in [0.2, 0.25) is 0 Å². The predicted octanol–water partition coefficient (Wildman–Crippen LogP) is 4.64. The third-order valence-electron chi connectivity index (χ3n) is 4.61. The standard InChI is InChI=1S/C23H20N8/c1-17-12-18(26-22-24-15-30(28-22)20-8-4-2-5-9-20)14-19(13-17)27-23-25-16-31(29-23)21-10-6-3-7-11-21/h2-16H,1H3,(H,26,28)(H,27,29). The smallest absolute Gasteiger partial charge is 0.246 e. The Hall–Kier alpha value is -4.46. The molecule has 2 aromatic heterocycles. The maximum absolute atomic E-state index is 4.50. The lowest BCUT2D eigenvalue weighted by Crippen LogP contribution is -1.99. The van der Waals surface area contributed by atoms with Gasteiger partial charge in [-0.05, 0) is 55.0 Å². The van der Waals surface area contributed by atoms with Crippen LogP contribution in [0, 0.1) is 6.92 Å². The van der Waals surface area contributed by atoms with Gasteiger partial charge in [-0.2, -0.15) is 9.97 Å². The molecule has 0 saturated carbocycles. The van der Waals surface area contributed by atoms with Gasteiger partial charge in [-0.25, -0.2) is 9.36 Å². The number of benzene rings is 3. The first kappa shape index (κ1) is 18.6. The Morgan fingerprint density at radius 1 is 0.613 bits per heavy atom. The largest absolute Gasteiger partial charge is 0.323 e. The summed E-state index contributed by atoms with van der Waals surface area (Å²) in [5.74, 6) is 1.04. The van der Waals surface area contributed by atoms with Gasteiger partial charge in [-0.1, -0.05) is 36.4 Å². The van der Waals surface area contributed by atoms with Gasteiger partial charge in [0.1, 0.15) is 12.7 Å². The molecule has 5 aromatic rings. The second-order valence-corrected chi connectivity index (χ2v) is 7.03. The van der Waals surface area contributed by atoms with Crippen molar-refractivity contribution in [1.29, 1.82) is 0 Å². The summed E-state index contributed by atoms with van der Waals surface area (Å²) in [6, 6.07) is 25.8. The number of para-hydroxylation sites is 2. The molecule has 152 valence electrons. The Kier molecular flexibility index (Phi) is 4.86. The molecule has 0 amide bonds. The molecule has 31 heavy (non-hydrogen) atoms. The highest BCUT2D eigenvalue weighted by molar-refractivity contribution is 5.65. The molecule has 8 nitrogen and oxygen atoms in total. The van der Waals surface area contributed by atoms with Gasteiger partial charge in [0, 0.05) is 11.4 Å². The van der Waals surface area contributed by atoms with Crippen LogP contribution in [0.5, 0.6) is 0 Å². The number of hydrogen-bond acceptors (Lipinski definition) is 6. The average molecular weight is 408 g/mol. The summed E-state index contributed by atoms with van der Waals surface area (Å²) in [6.45, 7) is 2.03. The van der Waals surface area contributed by atoms with E-state index in [2.05, 4.69) is 30.8 Å². The first-order valence-corrected chi connectivity index (χ1v) is 9.83. The second-order valence-electron chi connectivity index (χ2n) is 7.03. The minimum atomic E-state index is 0.520. The molecule has 0 bridgehead atoms. The van der Waals surface area contributed by atoms with Crippen LogP contribution in [0.15, 0.2) is 91.5 Å². The van der Waals surface area contributed by atoms with E-state index in [1.165, 1.54) is 0 Å². The zero-order valence-corrected chi connectivity index (χ0v) is 16.8. The number of aryl methyl sites for hydroxylation is 1. The second kappa shape index (κ2) is 8.11. The van der Waals surface area contributed by atoms with Crippen molar-refractivity contribution in [3.8, 4) is 11.4 Å². The lowest BCUT2D eigenvalue weighted by molar-refractivity contribution is 0.882. The van der Waals surface area contributed by atoms with E-state index in [1.807, 2.05) is 85.8 Å². The first-order chi connectivity index (χ1) is 15.2. The third kappa shape index (κ3) is 4.27. The summed E-state index contributed by atoms with van der Waals surface area (Å²) in [4.78, 5) is 8.72. The molecular formula is C23H20N8. The Bertz CT molecular complexity index is 1190. The molecular weight excluding hydrogens is 388 g/mol. The van der Waals surface area contributed by atoms with E-state index in [0.29, 0.717) is 11.9 Å². The third-order valence-corrected chi connectivity index (χ3v) is 4.61. The van der Waals surface area contributed by atoms with Crippen LogP contribution in [0.3, 0.4) is 0 Å². The predicted molar refractivity (Wildman–Crippen MR) is 120 cm³/mol. The maximum atomic E-state index is 4.50. The summed E-state index contributed by atoms with van der Waals surface area (Å²) < 4.78 is 3.47.